The molecule has 2 N–H and O–H groups in total. The average Bonchev–Trinajstić information content (AvgIpc) is 2.62. The maximum absolute atomic E-state index is 12.7. The SMILES string of the molecule is O=C(Nc1ccc(Oc2ccc(S(F)(F)(F)(F)F)cc2)cc1)C1CCCNC1. The normalized spacial score (nSPS) is 20.0. The fourth-order valence-corrected chi connectivity index (χ4v) is 3.48. The third kappa shape index (κ3) is 5.35. The number of ether oxygens (including phenoxy) is 1. The summed E-state index contributed by atoms with van der Waals surface area (Å²) in [6.07, 6.45) is 1.75. The van der Waals surface area contributed by atoms with Gasteiger partial charge >= 0.3 is 10.2 Å². The molecule has 4 nitrogen and oxygen atoms in total. The highest BCUT2D eigenvalue weighted by molar-refractivity contribution is 8.45. The molecule has 1 unspecified atom stereocenters. The van der Waals surface area contributed by atoms with Crippen LogP contribution < -0.4 is 15.4 Å². The Bertz CT molecular complexity index is 849. The summed E-state index contributed by atoms with van der Waals surface area (Å²) >= 11 is 0. The molecule has 1 heterocycles. The molecular formula is C18H19F5N2O2S. The van der Waals surface area contributed by atoms with E-state index < -0.39 is 15.1 Å². The summed E-state index contributed by atoms with van der Waals surface area (Å²) in [5.74, 6) is 0.0815. The summed E-state index contributed by atoms with van der Waals surface area (Å²) in [6, 6.07) is 8.48. The van der Waals surface area contributed by atoms with Gasteiger partial charge in [-0.2, -0.15) is 0 Å². The number of piperidine rings is 1. The van der Waals surface area contributed by atoms with E-state index >= 15 is 0 Å². The number of hydrogen-bond donors (Lipinski definition) is 2. The van der Waals surface area contributed by atoms with Crippen molar-refractivity contribution in [2.45, 2.75) is 17.7 Å². The lowest BCUT2D eigenvalue weighted by Crippen LogP contribution is -2.37. The van der Waals surface area contributed by atoms with Gasteiger partial charge < -0.3 is 15.4 Å². The quantitative estimate of drug-likeness (QED) is 0.575. The van der Waals surface area contributed by atoms with E-state index in [0.717, 1.165) is 31.5 Å². The van der Waals surface area contributed by atoms with Crippen molar-refractivity contribution in [3.05, 3.63) is 48.5 Å². The van der Waals surface area contributed by atoms with Crippen molar-refractivity contribution in [3.63, 3.8) is 0 Å². The fourth-order valence-electron chi connectivity index (χ4n) is 2.83. The zero-order valence-electron chi connectivity index (χ0n) is 14.6. The highest BCUT2D eigenvalue weighted by atomic mass is 32.5. The van der Waals surface area contributed by atoms with Gasteiger partial charge in [0.25, 0.3) is 0 Å². The lowest BCUT2D eigenvalue weighted by Gasteiger charge is -2.40. The van der Waals surface area contributed by atoms with Crippen molar-refractivity contribution >= 4 is 21.8 Å². The average molecular weight is 422 g/mol. The van der Waals surface area contributed by atoms with Gasteiger partial charge in [-0.15, -0.1) is 0 Å². The number of carbonyl (C=O) groups is 1. The molecule has 2 aromatic carbocycles. The number of nitrogens with one attached hydrogen (secondary N) is 2. The first-order valence-corrected chi connectivity index (χ1v) is 10.5. The Morgan fingerprint density at radius 2 is 1.54 bits per heavy atom. The number of rotatable bonds is 5. The van der Waals surface area contributed by atoms with Crippen LogP contribution in [0.2, 0.25) is 0 Å². The van der Waals surface area contributed by atoms with Crippen LogP contribution in [-0.2, 0) is 4.79 Å². The Hall–Kier alpha value is -2.33. The lowest BCUT2D eigenvalue weighted by molar-refractivity contribution is -0.120. The Labute approximate surface area is 158 Å². The molecule has 28 heavy (non-hydrogen) atoms. The van der Waals surface area contributed by atoms with E-state index in [0.29, 0.717) is 24.4 Å². The predicted molar refractivity (Wildman–Crippen MR) is 98.6 cm³/mol. The van der Waals surface area contributed by atoms with E-state index in [4.69, 9.17) is 4.74 Å². The van der Waals surface area contributed by atoms with Crippen LogP contribution >= 0.6 is 10.2 Å². The molecule has 2 aromatic rings. The predicted octanol–water partition coefficient (Wildman–Crippen LogP) is 6.07. The van der Waals surface area contributed by atoms with Gasteiger partial charge in [0, 0.05) is 12.2 Å². The molecule has 1 aliphatic heterocycles. The second-order valence-corrected chi connectivity index (χ2v) is 9.01. The summed E-state index contributed by atoms with van der Waals surface area (Å²) in [4.78, 5) is 10.2. The molecule has 154 valence electrons. The largest absolute Gasteiger partial charge is 0.457 e. The minimum Gasteiger partial charge on any atom is -0.457 e. The van der Waals surface area contributed by atoms with E-state index in [2.05, 4.69) is 10.6 Å². The molecule has 1 atom stereocenters. The van der Waals surface area contributed by atoms with Gasteiger partial charge in [0.05, 0.1) is 5.92 Å². The number of hydrogen-bond acceptors (Lipinski definition) is 3. The van der Waals surface area contributed by atoms with Crippen LogP contribution in [0.4, 0.5) is 25.1 Å². The molecule has 10 heteroatoms. The van der Waals surface area contributed by atoms with Gasteiger partial charge in [-0.1, -0.05) is 19.4 Å². The third-order valence-corrected chi connectivity index (χ3v) is 5.46. The van der Waals surface area contributed by atoms with Crippen molar-refractivity contribution in [2.75, 3.05) is 18.4 Å². The molecule has 0 saturated carbocycles. The molecule has 0 radical (unpaired) electrons. The highest BCUT2D eigenvalue weighted by Gasteiger charge is 2.65. The van der Waals surface area contributed by atoms with Crippen molar-refractivity contribution < 1.29 is 29.0 Å². The van der Waals surface area contributed by atoms with Gasteiger partial charge in [0.2, 0.25) is 5.91 Å². The monoisotopic (exact) mass is 422 g/mol. The number of halogens is 5. The Balaban J connectivity index is 1.62. The van der Waals surface area contributed by atoms with Gasteiger partial charge in [-0.3, -0.25) is 4.79 Å². The van der Waals surface area contributed by atoms with Crippen LogP contribution in [0.5, 0.6) is 11.5 Å². The van der Waals surface area contributed by atoms with Gasteiger partial charge in [-0.25, -0.2) is 0 Å². The number of carbonyl (C=O) groups excluding carboxylic acids is 1. The van der Waals surface area contributed by atoms with E-state index in [9.17, 15) is 24.2 Å². The van der Waals surface area contributed by atoms with Crippen LogP contribution in [0.25, 0.3) is 0 Å². The van der Waals surface area contributed by atoms with Crippen LogP contribution in [0, 0.1) is 5.92 Å². The summed E-state index contributed by atoms with van der Waals surface area (Å²) in [5, 5.41) is 5.96. The number of benzene rings is 2. The first-order chi connectivity index (χ1) is 12.9. The lowest BCUT2D eigenvalue weighted by atomic mass is 9.99. The topological polar surface area (TPSA) is 50.4 Å². The molecule has 1 saturated heterocycles. The number of anilines is 1. The summed E-state index contributed by atoms with van der Waals surface area (Å²) in [7, 11) is -9.69. The maximum Gasteiger partial charge on any atom is 0.310 e. The van der Waals surface area contributed by atoms with E-state index in [1.165, 1.54) is 12.1 Å². The van der Waals surface area contributed by atoms with E-state index in [1.807, 2.05) is 0 Å². The van der Waals surface area contributed by atoms with Gasteiger partial charge in [0.1, 0.15) is 16.4 Å². The van der Waals surface area contributed by atoms with Gasteiger partial charge in [-0.05, 0) is 67.9 Å². The molecule has 1 fully saturated rings. The molecule has 3 rings (SSSR count). The third-order valence-electron chi connectivity index (χ3n) is 4.29. The minimum absolute atomic E-state index is 0.0179. The molecule has 0 bridgehead atoms. The summed E-state index contributed by atoms with van der Waals surface area (Å²) in [6.45, 7) is 1.53. The van der Waals surface area contributed by atoms with Crippen molar-refractivity contribution in [2.24, 2.45) is 5.92 Å². The molecule has 0 aliphatic carbocycles. The summed E-state index contributed by atoms with van der Waals surface area (Å²) < 4.78 is 68.9. The minimum atomic E-state index is -9.69. The van der Waals surface area contributed by atoms with E-state index in [-0.39, 0.29) is 23.3 Å². The first-order valence-electron chi connectivity index (χ1n) is 8.54. The number of amides is 1. The molecule has 1 amide bonds. The Kier molecular flexibility index (Phi) is 4.83. The van der Waals surface area contributed by atoms with Crippen molar-refractivity contribution in [1.82, 2.24) is 5.32 Å². The zero-order chi connectivity index (χ0) is 20.5. The highest BCUT2D eigenvalue weighted by Crippen LogP contribution is 3.02. The molecule has 0 spiro atoms. The Morgan fingerprint density at radius 3 is 2.04 bits per heavy atom. The zero-order valence-corrected chi connectivity index (χ0v) is 15.5. The Morgan fingerprint density at radius 1 is 0.964 bits per heavy atom. The molecular weight excluding hydrogens is 403 g/mol. The van der Waals surface area contributed by atoms with Crippen LogP contribution in [0.3, 0.4) is 0 Å². The smallest absolute Gasteiger partial charge is 0.310 e. The van der Waals surface area contributed by atoms with E-state index in [1.54, 1.807) is 12.1 Å². The molecule has 1 aliphatic rings. The molecule has 0 aromatic heterocycles. The standard InChI is InChI=1S/C18H19F5N2O2S/c19-28(20,21,22,23)17-9-7-16(8-10-17)27-15-5-3-14(4-6-15)25-18(26)13-2-1-11-24-12-13/h3-10,13,24H,1-2,11-12H2,(H,25,26). The van der Waals surface area contributed by atoms with Crippen LogP contribution in [0.15, 0.2) is 53.4 Å². The van der Waals surface area contributed by atoms with Gasteiger partial charge in [0.15, 0.2) is 0 Å². The van der Waals surface area contributed by atoms with Crippen LogP contribution in [-0.4, -0.2) is 19.0 Å². The fraction of sp³-hybridized carbons (Fsp3) is 0.278. The van der Waals surface area contributed by atoms with Crippen LogP contribution in [0.1, 0.15) is 12.8 Å². The second-order valence-electron chi connectivity index (χ2n) is 6.60. The van der Waals surface area contributed by atoms with Crippen molar-refractivity contribution in [3.8, 4) is 11.5 Å². The summed E-state index contributed by atoms with van der Waals surface area (Å²) in [5.41, 5.74) is 0.555. The van der Waals surface area contributed by atoms with Crippen molar-refractivity contribution in [1.29, 1.82) is 0 Å². The first kappa shape index (κ1) is 20.4. The second kappa shape index (κ2) is 6.63. The maximum atomic E-state index is 12.7.